The fraction of sp³-hybridized carbons (Fsp3) is 0.263. The summed E-state index contributed by atoms with van der Waals surface area (Å²) in [5, 5.41) is 0. The lowest BCUT2D eigenvalue weighted by atomic mass is 9.95. The summed E-state index contributed by atoms with van der Waals surface area (Å²) in [5.74, 6) is 0.990. The zero-order valence-corrected chi connectivity index (χ0v) is 13.2. The van der Waals surface area contributed by atoms with E-state index < -0.39 is 0 Å². The molecule has 4 rings (SSSR count). The first-order valence-electron chi connectivity index (χ1n) is 8.20. The molecule has 3 aromatic rings. The molecule has 0 saturated carbocycles. The maximum absolute atomic E-state index is 13.3. The number of H-pyrrole nitrogens is 1. The smallest absolute Gasteiger partial charge is 0.253 e. The number of piperidine rings is 1. The van der Waals surface area contributed by atoms with Crippen LogP contribution in [0.25, 0.3) is 11.0 Å². The largest absolute Gasteiger partial charge is 0.342 e. The van der Waals surface area contributed by atoms with E-state index in [0.717, 1.165) is 35.3 Å². The van der Waals surface area contributed by atoms with Crippen molar-refractivity contribution in [3.8, 4) is 0 Å². The van der Waals surface area contributed by atoms with E-state index in [4.69, 9.17) is 0 Å². The van der Waals surface area contributed by atoms with E-state index >= 15 is 0 Å². The Balaban J connectivity index is 1.46. The van der Waals surface area contributed by atoms with Gasteiger partial charge < -0.3 is 9.88 Å². The number of hydrogen-bond acceptors (Lipinski definition) is 2. The van der Waals surface area contributed by atoms with Gasteiger partial charge in [-0.15, -0.1) is 0 Å². The van der Waals surface area contributed by atoms with Crippen LogP contribution in [0, 0.1) is 5.82 Å². The molecule has 0 aliphatic carbocycles. The second kappa shape index (κ2) is 6.07. The average molecular weight is 323 g/mol. The number of rotatable bonds is 2. The van der Waals surface area contributed by atoms with Crippen LogP contribution in [0.1, 0.15) is 34.9 Å². The zero-order valence-electron chi connectivity index (χ0n) is 13.2. The number of aromatic nitrogens is 2. The van der Waals surface area contributed by atoms with Gasteiger partial charge >= 0.3 is 0 Å². The number of carbonyl (C=O) groups excluding carboxylic acids is 1. The molecule has 1 saturated heterocycles. The first kappa shape index (κ1) is 14.9. The van der Waals surface area contributed by atoms with Gasteiger partial charge in [0.15, 0.2) is 0 Å². The standard InChI is InChI=1S/C19H18FN3O/c20-15-6-7-16-17(12-15)22-18(21-16)13-8-10-23(11-9-13)19(24)14-4-2-1-3-5-14/h1-7,12-13H,8-11H2,(H,21,22). The molecule has 0 bridgehead atoms. The van der Waals surface area contributed by atoms with E-state index in [1.807, 2.05) is 35.2 Å². The molecule has 0 unspecified atom stereocenters. The summed E-state index contributed by atoms with van der Waals surface area (Å²) in [4.78, 5) is 22.2. The Hall–Kier alpha value is -2.69. The van der Waals surface area contributed by atoms with E-state index in [-0.39, 0.29) is 17.6 Å². The predicted molar refractivity (Wildman–Crippen MR) is 90.4 cm³/mol. The molecule has 1 aliphatic rings. The molecule has 5 heteroatoms. The highest BCUT2D eigenvalue weighted by molar-refractivity contribution is 5.94. The van der Waals surface area contributed by atoms with Crippen molar-refractivity contribution >= 4 is 16.9 Å². The number of aromatic amines is 1. The predicted octanol–water partition coefficient (Wildman–Crippen LogP) is 3.72. The van der Waals surface area contributed by atoms with Gasteiger partial charge in [0.2, 0.25) is 0 Å². The minimum absolute atomic E-state index is 0.0840. The topological polar surface area (TPSA) is 49.0 Å². The quantitative estimate of drug-likeness (QED) is 0.781. The number of nitrogens with zero attached hydrogens (tertiary/aromatic N) is 2. The van der Waals surface area contributed by atoms with Gasteiger partial charge in [0.25, 0.3) is 5.91 Å². The summed E-state index contributed by atoms with van der Waals surface area (Å²) < 4.78 is 13.3. The van der Waals surface area contributed by atoms with Crippen LogP contribution >= 0.6 is 0 Å². The summed E-state index contributed by atoms with van der Waals surface area (Å²) >= 11 is 0. The van der Waals surface area contributed by atoms with Crippen LogP contribution in [0.15, 0.2) is 48.5 Å². The van der Waals surface area contributed by atoms with Crippen molar-refractivity contribution in [2.75, 3.05) is 13.1 Å². The number of imidazole rings is 1. The summed E-state index contributed by atoms with van der Waals surface area (Å²) in [6.45, 7) is 1.42. The summed E-state index contributed by atoms with van der Waals surface area (Å²) in [6, 6.07) is 14.0. The SMILES string of the molecule is O=C(c1ccccc1)N1CCC(c2nc3ccc(F)cc3[nH]2)CC1. The molecule has 2 heterocycles. The lowest BCUT2D eigenvalue weighted by Crippen LogP contribution is -2.38. The number of likely N-dealkylation sites (tertiary alicyclic amines) is 1. The highest BCUT2D eigenvalue weighted by Gasteiger charge is 2.26. The van der Waals surface area contributed by atoms with Crippen LogP contribution in [0.5, 0.6) is 0 Å². The van der Waals surface area contributed by atoms with Gasteiger partial charge in [-0.25, -0.2) is 9.37 Å². The monoisotopic (exact) mass is 323 g/mol. The molecule has 1 fully saturated rings. The number of halogens is 1. The normalized spacial score (nSPS) is 15.8. The van der Waals surface area contributed by atoms with Gasteiger partial charge in [-0.05, 0) is 43.2 Å². The number of fused-ring (bicyclic) bond motifs is 1. The Morgan fingerprint density at radius 3 is 2.62 bits per heavy atom. The van der Waals surface area contributed by atoms with Gasteiger partial charge in [-0.2, -0.15) is 0 Å². The molecule has 4 nitrogen and oxygen atoms in total. The summed E-state index contributed by atoms with van der Waals surface area (Å²) in [7, 11) is 0. The van der Waals surface area contributed by atoms with Gasteiger partial charge in [0.1, 0.15) is 11.6 Å². The molecule has 1 aromatic heterocycles. The van der Waals surface area contributed by atoms with Crippen molar-refractivity contribution in [1.82, 2.24) is 14.9 Å². The van der Waals surface area contributed by atoms with Crippen molar-refractivity contribution < 1.29 is 9.18 Å². The lowest BCUT2D eigenvalue weighted by Gasteiger charge is -2.31. The fourth-order valence-corrected chi connectivity index (χ4v) is 3.31. The van der Waals surface area contributed by atoms with E-state index in [1.54, 1.807) is 6.07 Å². The molecule has 0 spiro atoms. The molecule has 122 valence electrons. The zero-order chi connectivity index (χ0) is 16.5. The Bertz CT molecular complexity index is 867. The number of carbonyl (C=O) groups is 1. The molecule has 1 amide bonds. The Kier molecular flexibility index (Phi) is 3.76. The average Bonchev–Trinajstić information content (AvgIpc) is 3.05. The minimum Gasteiger partial charge on any atom is -0.342 e. The summed E-state index contributed by atoms with van der Waals surface area (Å²) in [5.41, 5.74) is 2.25. The third-order valence-corrected chi connectivity index (χ3v) is 4.65. The lowest BCUT2D eigenvalue weighted by molar-refractivity contribution is 0.0711. The molecule has 1 N–H and O–H groups in total. The molecule has 1 aliphatic heterocycles. The maximum Gasteiger partial charge on any atom is 0.253 e. The van der Waals surface area contributed by atoms with Crippen LogP contribution in [0.2, 0.25) is 0 Å². The van der Waals surface area contributed by atoms with Crippen LogP contribution in [0.4, 0.5) is 4.39 Å². The van der Waals surface area contributed by atoms with E-state index in [2.05, 4.69) is 9.97 Å². The van der Waals surface area contributed by atoms with E-state index in [9.17, 15) is 9.18 Å². The van der Waals surface area contributed by atoms with Gasteiger partial charge in [-0.3, -0.25) is 4.79 Å². The minimum atomic E-state index is -0.263. The van der Waals surface area contributed by atoms with Crippen LogP contribution in [0.3, 0.4) is 0 Å². The molecule has 0 atom stereocenters. The van der Waals surface area contributed by atoms with Crippen molar-refractivity contribution in [2.45, 2.75) is 18.8 Å². The summed E-state index contributed by atoms with van der Waals surface area (Å²) in [6.07, 6.45) is 1.72. The Labute approximate surface area is 139 Å². The van der Waals surface area contributed by atoms with Gasteiger partial charge in [-0.1, -0.05) is 18.2 Å². The highest BCUT2D eigenvalue weighted by atomic mass is 19.1. The molecule has 24 heavy (non-hydrogen) atoms. The van der Waals surface area contributed by atoms with Crippen LogP contribution < -0.4 is 0 Å². The van der Waals surface area contributed by atoms with Crippen LogP contribution in [-0.2, 0) is 0 Å². The molecular weight excluding hydrogens is 305 g/mol. The maximum atomic E-state index is 13.3. The van der Waals surface area contributed by atoms with Crippen molar-refractivity contribution in [3.63, 3.8) is 0 Å². The fourth-order valence-electron chi connectivity index (χ4n) is 3.31. The number of benzene rings is 2. The van der Waals surface area contributed by atoms with E-state index in [1.165, 1.54) is 12.1 Å². The first-order chi connectivity index (χ1) is 11.7. The molecular formula is C19H18FN3O. The second-order valence-corrected chi connectivity index (χ2v) is 6.22. The Morgan fingerprint density at radius 2 is 1.88 bits per heavy atom. The van der Waals surface area contributed by atoms with E-state index in [0.29, 0.717) is 13.1 Å². The first-order valence-corrected chi connectivity index (χ1v) is 8.20. The van der Waals surface area contributed by atoms with Gasteiger partial charge in [0.05, 0.1) is 11.0 Å². The Morgan fingerprint density at radius 1 is 1.12 bits per heavy atom. The van der Waals surface area contributed by atoms with Crippen molar-refractivity contribution in [3.05, 3.63) is 65.7 Å². The number of nitrogens with one attached hydrogen (secondary N) is 1. The highest BCUT2D eigenvalue weighted by Crippen LogP contribution is 2.28. The number of hydrogen-bond donors (Lipinski definition) is 1. The third-order valence-electron chi connectivity index (χ3n) is 4.65. The van der Waals surface area contributed by atoms with Crippen molar-refractivity contribution in [2.24, 2.45) is 0 Å². The molecule has 0 radical (unpaired) electrons. The third kappa shape index (κ3) is 2.77. The second-order valence-electron chi connectivity index (χ2n) is 6.22. The number of amides is 1. The molecule has 2 aromatic carbocycles. The van der Waals surface area contributed by atoms with Gasteiger partial charge in [0, 0.05) is 24.6 Å². The van der Waals surface area contributed by atoms with Crippen LogP contribution in [-0.4, -0.2) is 33.9 Å². The van der Waals surface area contributed by atoms with Crippen molar-refractivity contribution in [1.29, 1.82) is 0 Å².